The van der Waals surface area contributed by atoms with Crippen molar-refractivity contribution in [2.75, 3.05) is 33.3 Å². The Hall–Kier alpha value is -3.07. The van der Waals surface area contributed by atoms with E-state index in [1.54, 1.807) is 60.5 Å². The predicted molar refractivity (Wildman–Crippen MR) is 153 cm³/mol. The second kappa shape index (κ2) is 24.3. The monoisotopic (exact) mass is 561 g/mol. The molecule has 0 unspecified atom stereocenters. The summed E-state index contributed by atoms with van der Waals surface area (Å²) in [5.41, 5.74) is 2.36. The number of rotatable bonds is 7. The van der Waals surface area contributed by atoms with Crippen LogP contribution in [0.15, 0.2) is 86.0 Å². The van der Waals surface area contributed by atoms with E-state index < -0.39 is 6.18 Å². The molecular formula is C29H40ClF4NO3. The molecule has 0 aromatic heterocycles. The summed E-state index contributed by atoms with van der Waals surface area (Å²) in [7, 11) is 4.69. The average Bonchev–Trinajstić information content (AvgIpc) is 2.93. The van der Waals surface area contributed by atoms with Crippen LogP contribution >= 0.6 is 11.6 Å². The number of anilines is 1. The Morgan fingerprint density at radius 2 is 1.66 bits per heavy atom. The van der Waals surface area contributed by atoms with Crippen molar-refractivity contribution in [3.8, 4) is 5.75 Å². The van der Waals surface area contributed by atoms with Crippen LogP contribution in [0.25, 0.3) is 5.70 Å². The van der Waals surface area contributed by atoms with Gasteiger partial charge in [-0.25, -0.2) is 0 Å². The number of methoxy groups -OCH3 is 1. The standard InChI is InChI=1S/C20H19ClF3NO2.C4H8.C3H6.CH3F.CH4O/c1-25(16-6-3-5-14(11-16)13-26)18(7-4-10-20(22,23)24)17-12-15(21)8-9-19(17)27-2;1-3-4-2;1-3-2;2*1-2/h3-12,26H,13H2,1-2H3;3H,1,4H2,2H3;3H,1H2,2H3;1H3;2H,1H3/b10-4+,18-7-;;;;. The molecular weight excluding hydrogens is 522 g/mol. The van der Waals surface area contributed by atoms with Crippen molar-refractivity contribution in [3.05, 3.63) is 102 Å². The van der Waals surface area contributed by atoms with Gasteiger partial charge in [-0.15, -0.1) is 13.2 Å². The van der Waals surface area contributed by atoms with Crippen LogP contribution in [0.1, 0.15) is 31.4 Å². The third kappa shape index (κ3) is 17.4. The van der Waals surface area contributed by atoms with Crippen molar-refractivity contribution in [1.29, 1.82) is 0 Å². The first-order valence-corrected chi connectivity index (χ1v) is 11.7. The molecule has 0 saturated heterocycles. The van der Waals surface area contributed by atoms with Crippen molar-refractivity contribution >= 4 is 23.0 Å². The molecule has 38 heavy (non-hydrogen) atoms. The Bertz CT molecular complexity index is 961. The second-order valence-corrected chi connectivity index (χ2v) is 7.23. The number of benzene rings is 2. The van der Waals surface area contributed by atoms with Crippen LogP contribution in [0.4, 0.5) is 23.2 Å². The highest BCUT2D eigenvalue weighted by Crippen LogP contribution is 2.33. The average molecular weight is 562 g/mol. The molecule has 2 aromatic carbocycles. The van der Waals surface area contributed by atoms with Gasteiger partial charge in [0.2, 0.25) is 0 Å². The largest absolute Gasteiger partial charge is 0.496 e. The number of hydrogen-bond donors (Lipinski definition) is 2. The van der Waals surface area contributed by atoms with Gasteiger partial charge in [-0.3, -0.25) is 4.39 Å². The minimum absolute atomic E-state index is 0.144. The fraction of sp³-hybridized carbons (Fsp3) is 0.310. The molecule has 0 bridgehead atoms. The molecule has 2 rings (SSSR count). The second-order valence-electron chi connectivity index (χ2n) is 6.79. The van der Waals surface area contributed by atoms with Crippen molar-refractivity contribution in [2.24, 2.45) is 0 Å². The lowest BCUT2D eigenvalue weighted by molar-refractivity contribution is -0.0798. The zero-order valence-corrected chi connectivity index (χ0v) is 23.7. The van der Waals surface area contributed by atoms with Gasteiger partial charge in [0.05, 0.1) is 26.6 Å². The minimum Gasteiger partial charge on any atom is -0.496 e. The van der Waals surface area contributed by atoms with E-state index in [-0.39, 0.29) is 12.7 Å². The number of aliphatic hydroxyl groups excluding tert-OH is 2. The molecule has 0 heterocycles. The highest BCUT2D eigenvalue weighted by atomic mass is 35.5. The maximum atomic E-state index is 12.5. The van der Waals surface area contributed by atoms with E-state index in [9.17, 15) is 22.7 Å². The molecule has 2 N–H and O–H groups in total. The van der Waals surface area contributed by atoms with Gasteiger partial charge in [0.1, 0.15) is 5.75 Å². The molecule has 4 nitrogen and oxygen atoms in total. The van der Waals surface area contributed by atoms with Crippen LogP contribution in [0.3, 0.4) is 0 Å². The zero-order chi connectivity index (χ0) is 30.1. The molecule has 0 amide bonds. The topological polar surface area (TPSA) is 52.9 Å². The normalized spacial score (nSPS) is 10.2. The molecule has 0 aliphatic heterocycles. The van der Waals surface area contributed by atoms with Crippen LogP contribution in [0.5, 0.6) is 5.75 Å². The Morgan fingerprint density at radius 1 is 1.11 bits per heavy atom. The van der Waals surface area contributed by atoms with Crippen LogP contribution < -0.4 is 9.64 Å². The van der Waals surface area contributed by atoms with Crippen LogP contribution in [-0.4, -0.2) is 44.8 Å². The summed E-state index contributed by atoms with van der Waals surface area (Å²) < 4.78 is 52.5. The van der Waals surface area contributed by atoms with Gasteiger partial charge >= 0.3 is 6.18 Å². The van der Waals surface area contributed by atoms with Crippen molar-refractivity contribution < 1.29 is 32.5 Å². The molecule has 9 heteroatoms. The summed E-state index contributed by atoms with van der Waals surface area (Å²) >= 11 is 6.09. The lowest BCUT2D eigenvalue weighted by atomic mass is 10.1. The summed E-state index contributed by atoms with van der Waals surface area (Å²) in [6, 6.07) is 12.0. The molecule has 0 spiro atoms. The van der Waals surface area contributed by atoms with E-state index >= 15 is 0 Å². The molecule has 214 valence electrons. The van der Waals surface area contributed by atoms with Gasteiger partial charge in [-0.2, -0.15) is 13.2 Å². The fourth-order valence-corrected chi connectivity index (χ4v) is 2.69. The smallest absolute Gasteiger partial charge is 0.409 e. The fourth-order valence-electron chi connectivity index (χ4n) is 2.51. The minimum atomic E-state index is -4.42. The highest BCUT2D eigenvalue weighted by molar-refractivity contribution is 6.30. The zero-order valence-electron chi connectivity index (χ0n) is 22.9. The first-order valence-electron chi connectivity index (χ1n) is 11.3. The lowest BCUT2D eigenvalue weighted by Crippen LogP contribution is -2.16. The van der Waals surface area contributed by atoms with Crippen molar-refractivity contribution in [1.82, 2.24) is 0 Å². The summed E-state index contributed by atoms with van der Waals surface area (Å²) in [4.78, 5) is 1.70. The molecule has 0 radical (unpaired) electrons. The number of halogens is 5. The van der Waals surface area contributed by atoms with Gasteiger partial charge in [0.15, 0.2) is 0 Å². The summed E-state index contributed by atoms with van der Waals surface area (Å²) in [6.45, 7) is 10.6. The summed E-state index contributed by atoms with van der Waals surface area (Å²) in [5.74, 6) is 0.469. The van der Waals surface area contributed by atoms with Gasteiger partial charge in [-0.05, 0) is 55.3 Å². The van der Waals surface area contributed by atoms with Crippen LogP contribution in [0.2, 0.25) is 5.02 Å². The van der Waals surface area contributed by atoms with Crippen molar-refractivity contribution in [2.45, 2.75) is 33.1 Å². The van der Waals surface area contributed by atoms with Gasteiger partial charge in [-0.1, -0.05) is 48.9 Å². The third-order valence-electron chi connectivity index (χ3n) is 4.11. The van der Waals surface area contributed by atoms with Crippen LogP contribution in [0, 0.1) is 0 Å². The number of aliphatic hydroxyl groups is 2. The van der Waals surface area contributed by atoms with Crippen molar-refractivity contribution in [3.63, 3.8) is 0 Å². The van der Waals surface area contributed by atoms with Gasteiger partial charge in [0.25, 0.3) is 0 Å². The molecule has 0 saturated carbocycles. The first kappa shape index (κ1) is 39.4. The predicted octanol–water partition coefficient (Wildman–Crippen LogP) is 8.41. The quantitative estimate of drug-likeness (QED) is 0.202. The van der Waals surface area contributed by atoms with Gasteiger partial charge in [0, 0.05) is 36.5 Å². The Kier molecular flexibility index (Phi) is 25.2. The number of nitrogens with zero attached hydrogens (tertiary/aromatic N) is 1. The number of allylic oxidation sites excluding steroid dienone is 5. The lowest BCUT2D eigenvalue weighted by Gasteiger charge is -2.25. The number of alkyl halides is 4. The molecule has 0 aliphatic rings. The number of ether oxygens (including phenoxy) is 1. The Balaban J connectivity index is -0.000000961. The van der Waals surface area contributed by atoms with Gasteiger partial charge < -0.3 is 19.8 Å². The maximum Gasteiger partial charge on any atom is 0.409 e. The Labute approximate surface area is 229 Å². The highest BCUT2D eigenvalue weighted by Gasteiger charge is 2.22. The number of hydrogen-bond acceptors (Lipinski definition) is 4. The van der Waals surface area contributed by atoms with E-state index in [0.29, 0.717) is 40.5 Å². The van der Waals surface area contributed by atoms with E-state index in [1.807, 2.05) is 13.0 Å². The van der Waals surface area contributed by atoms with Crippen LogP contribution in [-0.2, 0) is 6.61 Å². The molecule has 0 atom stereocenters. The molecule has 2 aromatic rings. The summed E-state index contributed by atoms with van der Waals surface area (Å²) in [5, 5.41) is 16.8. The maximum absolute atomic E-state index is 12.5. The Morgan fingerprint density at radius 3 is 2.11 bits per heavy atom. The summed E-state index contributed by atoms with van der Waals surface area (Å²) in [6.07, 6.45) is 2.72. The van der Waals surface area contributed by atoms with E-state index in [2.05, 4.69) is 20.1 Å². The molecule has 0 aliphatic carbocycles. The first-order chi connectivity index (χ1) is 18.1. The SMILES string of the molecule is C=CC.C=CCC.CF.CO.COc1ccc(Cl)cc1/C(=C/C=C/C(F)(F)F)N(C)c1cccc(CO)c1. The van der Waals surface area contributed by atoms with E-state index in [1.165, 1.54) is 13.2 Å². The third-order valence-corrected chi connectivity index (χ3v) is 4.34. The molecule has 0 fully saturated rings. The van der Waals surface area contributed by atoms with E-state index in [4.69, 9.17) is 21.4 Å². The van der Waals surface area contributed by atoms with E-state index in [0.717, 1.165) is 19.6 Å².